The van der Waals surface area contributed by atoms with Crippen molar-refractivity contribution in [2.24, 2.45) is 5.92 Å². The normalized spacial score (nSPS) is 20.8. The van der Waals surface area contributed by atoms with Gasteiger partial charge in [0.15, 0.2) is 11.6 Å². The molecular formula is C11H15F2N3. The van der Waals surface area contributed by atoms with E-state index in [1.165, 1.54) is 0 Å². The van der Waals surface area contributed by atoms with Gasteiger partial charge in [-0.3, -0.25) is 0 Å². The van der Waals surface area contributed by atoms with Gasteiger partial charge in [0.25, 0.3) is 0 Å². The lowest BCUT2D eigenvalue weighted by molar-refractivity contribution is 0.392. The molecule has 2 N–H and O–H groups in total. The molecule has 1 saturated heterocycles. The molecule has 0 amide bonds. The molecule has 2 rings (SSSR count). The Balaban J connectivity index is 1.88. The molecule has 3 nitrogen and oxygen atoms in total. The molecule has 88 valence electrons. The molecule has 1 aliphatic rings. The summed E-state index contributed by atoms with van der Waals surface area (Å²) >= 11 is 0. The molecule has 2 heterocycles. The van der Waals surface area contributed by atoms with E-state index in [-0.39, 0.29) is 5.82 Å². The van der Waals surface area contributed by atoms with Crippen LogP contribution in [0.2, 0.25) is 0 Å². The number of hydrogen-bond acceptors (Lipinski definition) is 3. The average Bonchev–Trinajstić information content (AvgIpc) is 2.29. The van der Waals surface area contributed by atoms with Gasteiger partial charge in [0.2, 0.25) is 0 Å². The van der Waals surface area contributed by atoms with Crippen LogP contribution in [0.4, 0.5) is 14.6 Å². The van der Waals surface area contributed by atoms with Gasteiger partial charge < -0.3 is 10.6 Å². The fourth-order valence-electron chi connectivity index (χ4n) is 1.88. The van der Waals surface area contributed by atoms with E-state index in [9.17, 15) is 8.78 Å². The van der Waals surface area contributed by atoms with E-state index >= 15 is 0 Å². The van der Waals surface area contributed by atoms with Crippen molar-refractivity contribution in [2.75, 3.05) is 25.0 Å². The second kappa shape index (κ2) is 5.21. The number of piperidine rings is 1. The minimum absolute atomic E-state index is 0.131. The first-order chi connectivity index (χ1) is 7.75. The van der Waals surface area contributed by atoms with E-state index in [2.05, 4.69) is 15.6 Å². The summed E-state index contributed by atoms with van der Waals surface area (Å²) in [4.78, 5) is 3.68. The van der Waals surface area contributed by atoms with Crippen molar-refractivity contribution in [3.63, 3.8) is 0 Å². The van der Waals surface area contributed by atoms with Crippen molar-refractivity contribution in [1.29, 1.82) is 0 Å². The standard InChI is InChI=1S/C11H15F2N3/c12-9-4-10(13)11(16-7-9)15-6-8-2-1-3-14-5-8/h4,7-8,14H,1-3,5-6H2,(H,15,16). The number of pyridine rings is 1. The van der Waals surface area contributed by atoms with Crippen LogP contribution in [0.15, 0.2) is 12.3 Å². The topological polar surface area (TPSA) is 37.0 Å². The summed E-state index contributed by atoms with van der Waals surface area (Å²) < 4.78 is 25.8. The maximum atomic E-state index is 13.2. The molecule has 0 bridgehead atoms. The van der Waals surface area contributed by atoms with E-state index in [1.807, 2.05) is 0 Å². The van der Waals surface area contributed by atoms with E-state index in [0.717, 1.165) is 38.2 Å². The Hall–Kier alpha value is -1.23. The van der Waals surface area contributed by atoms with Crippen LogP contribution in [0.3, 0.4) is 0 Å². The number of nitrogens with one attached hydrogen (secondary N) is 2. The molecule has 0 radical (unpaired) electrons. The highest BCUT2D eigenvalue weighted by atomic mass is 19.1. The number of aromatic nitrogens is 1. The summed E-state index contributed by atoms with van der Waals surface area (Å²) in [5.74, 6) is -0.668. The van der Waals surface area contributed by atoms with Gasteiger partial charge in [-0.1, -0.05) is 0 Å². The van der Waals surface area contributed by atoms with Crippen molar-refractivity contribution in [3.8, 4) is 0 Å². The summed E-state index contributed by atoms with van der Waals surface area (Å²) in [6, 6.07) is 0.842. The molecule has 0 aliphatic carbocycles. The molecule has 1 fully saturated rings. The van der Waals surface area contributed by atoms with Crippen LogP contribution < -0.4 is 10.6 Å². The van der Waals surface area contributed by atoms with Gasteiger partial charge in [-0.05, 0) is 31.8 Å². The molecule has 0 saturated carbocycles. The number of anilines is 1. The first kappa shape index (κ1) is 11.3. The second-order valence-corrected chi connectivity index (χ2v) is 4.08. The van der Waals surface area contributed by atoms with Crippen molar-refractivity contribution in [1.82, 2.24) is 10.3 Å². The highest BCUT2D eigenvalue weighted by Gasteiger charge is 2.13. The monoisotopic (exact) mass is 227 g/mol. The molecule has 0 spiro atoms. The van der Waals surface area contributed by atoms with Gasteiger partial charge in [-0.25, -0.2) is 13.8 Å². The zero-order valence-electron chi connectivity index (χ0n) is 8.97. The van der Waals surface area contributed by atoms with Crippen molar-refractivity contribution in [2.45, 2.75) is 12.8 Å². The highest BCUT2D eigenvalue weighted by molar-refractivity contribution is 5.35. The molecule has 16 heavy (non-hydrogen) atoms. The van der Waals surface area contributed by atoms with Gasteiger partial charge in [-0.2, -0.15) is 0 Å². The lowest BCUT2D eigenvalue weighted by Gasteiger charge is -2.23. The summed E-state index contributed by atoms with van der Waals surface area (Å²) in [7, 11) is 0. The fraction of sp³-hybridized carbons (Fsp3) is 0.545. The van der Waals surface area contributed by atoms with Gasteiger partial charge in [0.1, 0.15) is 5.82 Å². The summed E-state index contributed by atoms with van der Waals surface area (Å²) in [6.07, 6.45) is 3.29. The Morgan fingerprint density at radius 3 is 3.06 bits per heavy atom. The van der Waals surface area contributed by atoms with E-state index in [4.69, 9.17) is 0 Å². The predicted molar refractivity (Wildman–Crippen MR) is 58.2 cm³/mol. The number of halogens is 2. The number of rotatable bonds is 3. The molecule has 1 atom stereocenters. The van der Waals surface area contributed by atoms with Crippen LogP contribution in [0, 0.1) is 17.6 Å². The predicted octanol–water partition coefficient (Wildman–Crippen LogP) is 1.77. The van der Waals surface area contributed by atoms with Gasteiger partial charge in [-0.15, -0.1) is 0 Å². The maximum Gasteiger partial charge on any atom is 0.168 e. The van der Waals surface area contributed by atoms with Crippen LogP contribution in [0.5, 0.6) is 0 Å². The Kier molecular flexibility index (Phi) is 3.66. The third kappa shape index (κ3) is 2.88. The van der Waals surface area contributed by atoms with Crippen molar-refractivity contribution >= 4 is 5.82 Å². The summed E-state index contributed by atoms with van der Waals surface area (Å²) in [5.41, 5.74) is 0. The van der Waals surface area contributed by atoms with Crippen molar-refractivity contribution in [3.05, 3.63) is 23.9 Å². The number of hydrogen-bond donors (Lipinski definition) is 2. The van der Waals surface area contributed by atoms with E-state index in [1.54, 1.807) is 0 Å². The molecule has 1 aromatic heterocycles. The Morgan fingerprint density at radius 2 is 2.38 bits per heavy atom. The second-order valence-electron chi connectivity index (χ2n) is 4.08. The van der Waals surface area contributed by atoms with Crippen LogP contribution in [-0.2, 0) is 0 Å². The smallest absolute Gasteiger partial charge is 0.168 e. The average molecular weight is 227 g/mol. The highest BCUT2D eigenvalue weighted by Crippen LogP contribution is 2.14. The van der Waals surface area contributed by atoms with Crippen LogP contribution in [-0.4, -0.2) is 24.6 Å². The van der Waals surface area contributed by atoms with Crippen LogP contribution >= 0.6 is 0 Å². The molecule has 1 aromatic rings. The Bertz CT molecular complexity index is 351. The summed E-state index contributed by atoms with van der Waals surface area (Å²) in [5, 5.41) is 6.20. The Morgan fingerprint density at radius 1 is 1.50 bits per heavy atom. The van der Waals surface area contributed by atoms with Gasteiger partial charge in [0.05, 0.1) is 6.20 Å². The number of nitrogens with zero attached hydrogens (tertiary/aromatic N) is 1. The quantitative estimate of drug-likeness (QED) is 0.826. The lowest BCUT2D eigenvalue weighted by atomic mass is 10.00. The molecule has 1 aliphatic heterocycles. The first-order valence-corrected chi connectivity index (χ1v) is 5.51. The molecule has 5 heteroatoms. The summed E-state index contributed by atoms with van der Waals surface area (Å²) in [6.45, 7) is 2.66. The zero-order valence-corrected chi connectivity index (χ0v) is 8.97. The largest absolute Gasteiger partial charge is 0.367 e. The van der Waals surface area contributed by atoms with E-state index in [0.29, 0.717) is 12.5 Å². The van der Waals surface area contributed by atoms with E-state index < -0.39 is 11.6 Å². The minimum Gasteiger partial charge on any atom is -0.367 e. The van der Waals surface area contributed by atoms with Crippen LogP contribution in [0.25, 0.3) is 0 Å². The first-order valence-electron chi connectivity index (χ1n) is 5.51. The van der Waals surface area contributed by atoms with Gasteiger partial charge >= 0.3 is 0 Å². The Labute approximate surface area is 93.3 Å². The SMILES string of the molecule is Fc1cnc(NCC2CCCNC2)c(F)c1. The van der Waals surface area contributed by atoms with Crippen LogP contribution in [0.1, 0.15) is 12.8 Å². The fourth-order valence-corrected chi connectivity index (χ4v) is 1.88. The van der Waals surface area contributed by atoms with Gasteiger partial charge in [0, 0.05) is 12.6 Å². The third-order valence-corrected chi connectivity index (χ3v) is 2.76. The molecule has 1 unspecified atom stereocenters. The maximum absolute atomic E-state index is 13.2. The lowest BCUT2D eigenvalue weighted by Crippen LogP contribution is -2.33. The zero-order chi connectivity index (χ0) is 11.4. The van der Waals surface area contributed by atoms with Crippen molar-refractivity contribution < 1.29 is 8.78 Å². The molecular weight excluding hydrogens is 212 g/mol. The third-order valence-electron chi connectivity index (χ3n) is 2.76. The molecule has 0 aromatic carbocycles. The minimum atomic E-state index is -0.651.